The first kappa shape index (κ1) is 12.9. The fourth-order valence-corrected chi connectivity index (χ4v) is 3.36. The van der Waals surface area contributed by atoms with Crippen molar-refractivity contribution in [2.75, 3.05) is 6.26 Å². The molecule has 0 radical (unpaired) electrons. The molecule has 0 aliphatic rings. The quantitative estimate of drug-likeness (QED) is 0.596. The highest BCUT2D eigenvalue weighted by molar-refractivity contribution is 9.11. The van der Waals surface area contributed by atoms with Gasteiger partial charge in [-0.3, -0.25) is 4.79 Å². The van der Waals surface area contributed by atoms with Crippen molar-refractivity contribution in [3.63, 3.8) is 0 Å². The molecule has 0 N–H and O–H groups in total. The smallest absolute Gasteiger partial charge is 0.202 e. The summed E-state index contributed by atoms with van der Waals surface area (Å²) in [5, 5.41) is 0. The number of hydrogen-bond donors (Lipinski definition) is 0. The maximum absolute atomic E-state index is 12.2. The molecule has 0 fully saturated rings. The van der Waals surface area contributed by atoms with Gasteiger partial charge in [0.1, 0.15) is 0 Å². The third-order valence-electron chi connectivity index (χ3n) is 2.43. The Morgan fingerprint density at radius 1 is 1.29 bits per heavy atom. The minimum absolute atomic E-state index is 0.0939. The van der Waals surface area contributed by atoms with Gasteiger partial charge in [0.05, 0.1) is 8.66 Å². The Kier molecular flexibility index (Phi) is 4.07. The zero-order valence-corrected chi connectivity index (χ0v) is 12.7. The van der Waals surface area contributed by atoms with Gasteiger partial charge in [0, 0.05) is 10.5 Å². The molecule has 1 aromatic heterocycles. The fourth-order valence-electron chi connectivity index (χ4n) is 1.46. The summed E-state index contributed by atoms with van der Waals surface area (Å²) in [5.41, 5.74) is 1.86. The van der Waals surface area contributed by atoms with Crippen LogP contribution >= 0.6 is 39.0 Å². The van der Waals surface area contributed by atoms with Crippen LogP contribution in [0.2, 0.25) is 0 Å². The number of benzene rings is 1. The Hall–Kier alpha value is -0.580. The molecule has 0 aliphatic carbocycles. The molecule has 0 saturated carbocycles. The molecule has 1 aromatic carbocycles. The second-order valence-corrected chi connectivity index (χ2v) is 6.87. The number of carbonyl (C=O) groups is 1. The first-order chi connectivity index (χ1) is 8.11. The number of carbonyl (C=O) groups excluding carboxylic acids is 1. The summed E-state index contributed by atoms with van der Waals surface area (Å²) < 4.78 is 1.03. The van der Waals surface area contributed by atoms with Crippen molar-refractivity contribution in [2.45, 2.75) is 11.8 Å². The third kappa shape index (κ3) is 2.81. The van der Waals surface area contributed by atoms with Crippen molar-refractivity contribution in [1.82, 2.24) is 0 Å². The second kappa shape index (κ2) is 5.38. The molecule has 4 heteroatoms. The van der Waals surface area contributed by atoms with E-state index in [-0.39, 0.29) is 5.78 Å². The summed E-state index contributed by atoms with van der Waals surface area (Å²) in [4.78, 5) is 14.1. The third-order valence-corrected chi connectivity index (χ3v) is 5.31. The molecule has 17 heavy (non-hydrogen) atoms. The highest BCUT2D eigenvalue weighted by atomic mass is 79.9. The minimum Gasteiger partial charge on any atom is -0.288 e. The van der Waals surface area contributed by atoms with Crippen molar-refractivity contribution in [2.24, 2.45) is 0 Å². The number of aryl methyl sites for hydroxylation is 1. The van der Waals surface area contributed by atoms with Crippen LogP contribution in [0.1, 0.15) is 20.8 Å². The molecule has 0 saturated heterocycles. The van der Waals surface area contributed by atoms with Gasteiger partial charge in [0.25, 0.3) is 0 Å². The Bertz CT molecular complexity index is 524. The largest absolute Gasteiger partial charge is 0.288 e. The van der Waals surface area contributed by atoms with Crippen LogP contribution < -0.4 is 0 Å². The van der Waals surface area contributed by atoms with Gasteiger partial charge in [-0.05, 0) is 65.0 Å². The molecular weight excluding hydrogens is 316 g/mol. The molecule has 0 spiro atoms. The van der Waals surface area contributed by atoms with E-state index in [2.05, 4.69) is 15.9 Å². The van der Waals surface area contributed by atoms with E-state index in [1.807, 2.05) is 43.5 Å². The summed E-state index contributed by atoms with van der Waals surface area (Å²) in [6.07, 6.45) is 2.02. The molecule has 2 rings (SSSR count). The molecule has 0 aliphatic heterocycles. The molecule has 0 unspecified atom stereocenters. The summed E-state index contributed by atoms with van der Waals surface area (Å²) in [6.45, 7) is 1.99. The second-order valence-electron chi connectivity index (χ2n) is 3.62. The van der Waals surface area contributed by atoms with Gasteiger partial charge in [0.15, 0.2) is 0 Å². The highest BCUT2D eigenvalue weighted by Gasteiger charge is 2.13. The highest BCUT2D eigenvalue weighted by Crippen LogP contribution is 2.29. The van der Waals surface area contributed by atoms with Crippen molar-refractivity contribution in [1.29, 1.82) is 0 Å². The topological polar surface area (TPSA) is 17.1 Å². The van der Waals surface area contributed by atoms with Gasteiger partial charge in [-0.2, -0.15) is 0 Å². The van der Waals surface area contributed by atoms with Gasteiger partial charge >= 0.3 is 0 Å². The lowest BCUT2D eigenvalue weighted by molar-refractivity contribution is 0.104. The van der Waals surface area contributed by atoms with E-state index in [4.69, 9.17) is 0 Å². The molecule has 0 amide bonds. The Balaban J connectivity index is 2.30. The predicted molar refractivity (Wildman–Crippen MR) is 78.4 cm³/mol. The SMILES string of the molecule is CSc1ccc(C(=O)c2cc(C)c(Br)s2)cc1. The monoisotopic (exact) mass is 326 g/mol. The van der Waals surface area contributed by atoms with Crippen molar-refractivity contribution in [3.05, 3.63) is 50.1 Å². The van der Waals surface area contributed by atoms with Gasteiger partial charge in [-0.15, -0.1) is 23.1 Å². The zero-order chi connectivity index (χ0) is 12.4. The Morgan fingerprint density at radius 3 is 2.41 bits per heavy atom. The number of halogens is 1. The standard InChI is InChI=1S/C13H11BrOS2/c1-8-7-11(17-13(8)14)12(15)9-3-5-10(16-2)6-4-9/h3-7H,1-2H3. The van der Waals surface area contributed by atoms with Crippen LogP contribution in [0.15, 0.2) is 39.0 Å². The van der Waals surface area contributed by atoms with Crippen LogP contribution in [0.4, 0.5) is 0 Å². The maximum Gasteiger partial charge on any atom is 0.202 e. The molecular formula is C13H11BrOS2. The van der Waals surface area contributed by atoms with E-state index < -0.39 is 0 Å². The van der Waals surface area contributed by atoms with E-state index in [0.29, 0.717) is 0 Å². The lowest BCUT2D eigenvalue weighted by atomic mass is 10.1. The van der Waals surface area contributed by atoms with Crippen molar-refractivity contribution >= 4 is 44.8 Å². The Labute approximate surface area is 117 Å². The average Bonchev–Trinajstić information content (AvgIpc) is 2.69. The first-order valence-corrected chi connectivity index (χ1v) is 7.90. The number of hydrogen-bond acceptors (Lipinski definition) is 3. The fraction of sp³-hybridized carbons (Fsp3) is 0.154. The number of thioether (sulfide) groups is 1. The molecule has 1 nitrogen and oxygen atoms in total. The molecule has 88 valence electrons. The zero-order valence-electron chi connectivity index (χ0n) is 9.49. The first-order valence-electron chi connectivity index (χ1n) is 5.06. The molecule has 0 atom stereocenters. The van der Waals surface area contributed by atoms with Crippen LogP contribution in [-0.4, -0.2) is 12.0 Å². The summed E-state index contributed by atoms with van der Waals surface area (Å²) in [5.74, 6) is 0.0939. The summed E-state index contributed by atoms with van der Waals surface area (Å²) in [7, 11) is 0. The molecule has 1 heterocycles. The normalized spacial score (nSPS) is 10.5. The van der Waals surface area contributed by atoms with E-state index in [9.17, 15) is 4.79 Å². The summed E-state index contributed by atoms with van der Waals surface area (Å²) >= 11 is 6.61. The number of rotatable bonds is 3. The summed E-state index contributed by atoms with van der Waals surface area (Å²) in [6, 6.07) is 9.66. The maximum atomic E-state index is 12.2. The molecule has 0 bridgehead atoms. The van der Waals surface area contributed by atoms with E-state index >= 15 is 0 Å². The van der Waals surface area contributed by atoms with Crippen molar-refractivity contribution in [3.8, 4) is 0 Å². The number of thiophene rings is 1. The Morgan fingerprint density at radius 2 is 1.94 bits per heavy atom. The van der Waals surface area contributed by atoms with Crippen LogP contribution in [0, 0.1) is 6.92 Å². The van der Waals surface area contributed by atoms with Gasteiger partial charge < -0.3 is 0 Å². The number of ketones is 1. The van der Waals surface area contributed by atoms with E-state index in [1.165, 1.54) is 16.2 Å². The predicted octanol–water partition coefficient (Wildman–Crippen LogP) is 4.77. The van der Waals surface area contributed by atoms with Crippen LogP contribution in [0.5, 0.6) is 0 Å². The average molecular weight is 327 g/mol. The van der Waals surface area contributed by atoms with Crippen LogP contribution in [0.3, 0.4) is 0 Å². The van der Waals surface area contributed by atoms with Gasteiger partial charge in [-0.25, -0.2) is 0 Å². The van der Waals surface area contributed by atoms with Gasteiger partial charge in [0.2, 0.25) is 5.78 Å². The minimum atomic E-state index is 0.0939. The van der Waals surface area contributed by atoms with E-state index in [0.717, 1.165) is 19.8 Å². The lowest BCUT2D eigenvalue weighted by Crippen LogP contribution is -1.97. The van der Waals surface area contributed by atoms with Crippen LogP contribution in [0.25, 0.3) is 0 Å². The lowest BCUT2D eigenvalue weighted by Gasteiger charge is -1.99. The van der Waals surface area contributed by atoms with Crippen LogP contribution in [-0.2, 0) is 0 Å². The molecule has 2 aromatic rings. The van der Waals surface area contributed by atoms with E-state index in [1.54, 1.807) is 11.8 Å². The van der Waals surface area contributed by atoms with Crippen molar-refractivity contribution < 1.29 is 4.79 Å². The van der Waals surface area contributed by atoms with Gasteiger partial charge in [-0.1, -0.05) is 0 Å².